The molecule has 0 saturated heterocycles. The van der Waals surface area contributed by atoms with Crippen LogP contribution in [0, 0.1) is 0 Å². The lowest BCUT2D eigenvalue weighted by Gasteiger charge is -2.21. The van der Waals surface area contributed by atoms with Crippen LogP contribution in [0.2, 0.25) is 0 Å². The molecule has 2 aromatic rings. The molecule has 3 nitrogen and oxygen atoms in total. The molecule has 1 unspecified atom stereocenters. The molecule has 0 saturated carbocycles. The van der Waals surface area contributed by atoms with Gasteiger partial charge in [-0.1, -0.05) is 63.2 Å². The van der Waals surface area contributed by atoms with E-state index in [1.807, 2.05) is 48.5 Å². The molecule has 0 aliphatic rings. The van der Waals surface area contributed by atoms with Gasteiger partial charge >= 0.3 is 0 Å². The Balaban J connectivity index is 2.30. The van der Waals surface area contributed by atoms with Crippen molar-refractivity contribution < 1.29 is 10.2 Å². The van der Waals surface area contributed by atoms with Gasteiger partial charge in [0, 0.05) is 11.8 Å². The zero-order valence-electron chi connectivity index (χ0n) is 13.3. The van der Waals surface area contributed by atoms with Crippen molar-refractivity contribution in [2.45, 2.75) is 32.2 Å². The number of aliphatic imine (C=N–C) groups is 1. The summed E-state index contributed by atoms with van der Waals surface area (Å²) in [7, 11) is 0. The van der Waals surface area contributed by atoms with E-state index >= 15 is 0 Å². The maximum atomic E-state index is 10.4. The Morgan fingerprint density at radius 1 is 1.05 bits per heavy atom. The molecule has 0 amide bonds. The van der Waals surface area contributed by atoms with Crippen LogP contribution >= 0.6 is 0 Å². The van der Waals surface area contributed by atoms with E-state index in [0.29, 0.717) is 5.56 Å². The minimum Gasteiger partial charge on any atom is -0.507 e. The third-order valence-corrected chi connectivity index (χ3v) is 3.63. The number of aliphatic hydroxyl groups excluding tert-OH is 1. The average Bonchev–Trinajstić information content (AvgIpc) is 2.49. The minimum absolute atomic E-state index is 0.0692. The Bertz CT molecular complexity index is 642. The van der Waals surface area contributed by atoms with Crippen molar-refractivity contribution in [2.24, 2.45) is 4.99 Å². The van der Waals surface area contributed by atoms with Gasteiger partial charge in [-0.15, -0.1) is 0 Å². The normalized spacial score (nSPS) is 13.5. The highest BCUT2D eigenvalue weighted by Gasteiger charge is 2.19. The topological polar surface area (TPSA) is 52.8 Å². The molecule has 0 aliphatic heterocycles. The number of benzene rings is 2. The van der Waals surface area contributed by atoms with Gasteiger partial charge in [0.25, 0.3) is 0 Å². The summed E-state index contributed by atoms with van der Waals surface area (Å²) in [6, 6.07) is 15.0. The van der Waals surface area contributed by atoms with Gasteiger partial charge in [0.1, 0.15) is 5.75 Å². The summed E-state index contributed by atoms with van der Waals surface area (Å²) in [5.74, 6) is 0.253. The lowest BCUT2D eigenvalue weighted by molar-refractivity contribution is 0.269. The van der Waals surface area contributed by atoms with Crippen LogP contribution < -0.4 is 0 Å². The van der Waals surface area contributed by atoms with E-state index in [0.717, 1.165) is 11.1 Å². The molecule has 1 atom stereocenters. The second-order valence-electron chi connectivity index (χ2n) is 6.38. The number of phenolic OH excluding ortho intramolecular Hbond substituents is 1. The van der Waals surface area contributed by atoms with Gasteiger partial charge < -0.3 is 10.2 Å². The standard InChI is InChI=1S/C19H23NO2/c1-19(2,3)16-11-7-10-15(18(16)22)12-20-17(13-21)14-8-5-4-6-9-14/h4-12,17,21-22H,13H2,1-3H3. The van der Waals surface area contributed by atoms with Crippen molar-refractivity contribution in [3.63, 3.8) is 0 Å². The predicted octanol–water partition coefficient (Wildman–Crippen LogP) is 3.84. The fraction of sp³-hybridized carbons (Fsp3) is 0.316. The van der Waals surface area contributed by atoms with Crippen molar-refractivity contribution in [2.75, 3.05) is 6.61 Å². The first-order chi connectivity index (χ1) is 10.4. The number of hydrogen-bond acceptors (Lipinski definition) is 3. The van der Waals surface area contributed by atoms with Gasteiger partial charge in [0.05, 0.1) is 12.6 Å². The number of para-hydroxylation sites is 1. The molecule has 2 rings (SSSR count). The number of rotatable bonds is 4. The fourth-order valence-corrected chi connectivity index (χ4v) is 2.35. The summed E-state index contributed by atoms with van der Waals surface area (Å²) in [4.78, 5) is 4.43. The molecule has 2 N–H and O–H groups in total. The fourth-order valence-electron chi connectivity index (χ4n) is 2.35. The number of phenols is 1. The first-order valence-corrected chi connectivity index (χ1v) is 7.45. The Labute approximate surface area is 132 Å². The summed E-state index contributed by atoms with van der Waals surface area (Å²) in [6.07, 6.45) is 1.64. The summed E-state index contributed by atoms with van der Waals surface area (Å²) in [5.41, 5.74) is 2.37. The molecule has 0 bridgehead atoms. The lowest BCUT2D eigenvalue weighted by Crippen LogP contribution is -2.12. The van der Waals surface area contributed by atoms with Gasteiger partial charge in [-0.25, -0.2) is 0 Å². The molecular formula is C19H23NO2. The zero-order valence-corrected chi connectivity index (χ0v) is 13.3. The number of aliphatic hydroxyl groups is 1. The highest BCUT2D eigenvalue weighted by molar-refractivity contribution is 5.84. The lowest BCUT2D eigenvalue weighted by atomic mass is 9.85. The van der Waals surface area contributed by atoms with Crippen LogP contribution in [0.1, 0.15) is 43.5 Å². The second-order valence-corrected chi connectivity index (χ2v) is 6.38. The molecule has 0 heterocycles. The monoisotopic (exact) mass is 297 g/mol. The van der Waals surface area contributed by atoms with Crippen molar-refractivity contribution in [3.8, 4) is 5.75 Å². The van der Waals surface area contributed by atoms with Crippen LogP contribution in [0.3, 0.4) is 0 Å². The maximum absolute atomic E-state index is 10.4. The SMILES string of the molecule is CC(C)(C)c1cccc(C=NC(CO)c2ccccc2)c1O. The van der Waals surface area contributed by atoms with Crippen molar-refractivity contribution in [1.29, 1.82) is 0 Å². The molecule has 0 fully saturated rings. The molecule has 0 aliphatic carbocycles. The number of hydrogen-bond donors (Lipinski definition) is 2. The van der Waals surface area contributed by atoms with E-state index < -0.39 is 0 Å². The molecule has 2 aromatic carbocycles. The van der Waals surface area contributed by atoms with Crippen molar-refractivity contribution in [3.05, 3.63) is 65.2 Å². The smallest absolute Gasteiger partial charge is 0.128 e. The Hall–Kier alpha value is -2.13. The summed E-state index contributed by atoms with van der Waals surface area (Å²) < 4.78 is 0. The summed E-state index contributed by atoms with van der Waals surface area (Å²) >= 11 is 0. The highest BCUT2D eigenvalue weighted by Crippen LogP contribution is 2.32. The van der Waals surface area contributed by atoms with E-state index in [-0.39, 0.29) is 23.8 Å². The van der Waals surface area contributed by atoms with Crippen molar-refractivity contribution in [1.82, 2.24) is 0 Å². The maximum Gasteiger partial charge on any atom is 0.128 e. The predicted molar refractivity (Wildman–Crippen MR) is 90.7 cm³/mol. The largest absolute Gasteiger partial charge is 0.507 e. The minimum atomic E-state index is -0.320. The Kier molecular flexibility index (Phi) is 4.99. The quantitative estimate of drug-likeness (QED) is 0.842. The van der Waals surface area contributed by atoms with Crippen LogP contribution in [0.15, 0.2) is 53.5 Å². The zero-order chi connectivity index (χ0) is 16.2. The van der Waals surface area contributed by atoms with Gasteiger partial charge in [-0.05, 0) is 22.6 Å². The molecule has 22 heavy (non-hydrogen) atoms. The third kappa shape index (κ3) is 3.74. The molecular weight excluding hydrogens is 274 g/mol. The van der Waals surface area contributed by atoms with Crippen LogP contribution in [0.4, 0.5) is 0 Å². The third-order valence-electron chi connectivity index (χ3n) is 3.63. The van der Waals surface area contributed by atoms with Crippen LogP contribution in [0.25, 0.3) is 0 Å². The molecule has 3 heteroatoms. The summed E-state index contributed by atoms with van der Waals surface area (Å²) in [5, 5.41) is 20.0. The van der Waals surface area contributed by atoms with E-state index in [1.165, 1.54) is 0 Å². The average molecular weight is 297 g/mol. The number of nitrogens with zero attached hydrogens (tertiary/aromatic N) is 1. The van der Waals surface area contributed by atoms with E-state index in [9.17, 15) is 10.2 Å². The van der Waals surface area contributed by atoms with Crippen LogP contribution in [-0.2, 0) is 5.41 Å². The first kappa shape index (κ1) is 16.2. The van der Waals surface area contributed by atoms with Gasteiger partial charge in [-0.2, -0.15) is 0 Å². The molecule has 116 valence electrons. The van der Waals surface area contributed by atoms with Gasteiger partial charge in [-0.3, -0.25) is 4.99 Å². The Morgan fingerprint density at radius 3 is 2.32 bits per heavy atom. The molecule has 0 radical (unpaired) electrons. The van der Waals surface area contributed by atoms with E-state index in [1.54, 1.807) is 6.21 Å². The van der Waals surface area contributed by atoms with E-state index in [4.69, 9.17) is 0 Å². The molecule has 0 spiro atoms. The van der Waals surface area contributed by atoms with Crippen LogP contribution in [0.5, 0.6) is 5.75 Å². The first-order valence-electron chi connectivity index (χ1n) is 7.45. The highest BCUT2D eigenvalue weighted by atomic mass is 16.3. The van der Waals surface area contributed by atoms with Crippen LogP contribution in [-0.4, -0.2) is 23.0 Å². The van der Waals surface area contributed by atoms with Crippen molar-refractivity contribution >= 4 is 6.21 Å². The molecule has 0 aromatic heterocycles. The Morgan fingerprint density at radius 2 is 1.73 bits per heavy atom. The van der Waals surface area contributed by atoms with Gasteiger partial charge in [0.2, 0.25) is 0 Å². The summed E-state index contributed by atoms with van der Waals surface area (Å²) in [6.45, 7) is 6.11. The second kappa shape index (κ2) is 6.75. The number of aromatic hydroxyl groups is 1. The van der Waals surface area contributed by atoms with Gasteiger partial charge in [0.15, 0.2) is 0 Å². The van der Waals surface area contributed by atoms with E-state index in [2.05, 4.69) is 25.8 Å².